The minimum absolute atomic E-state index is 0.765. The Morgan fingerprint density at radius 3 is 2.90 bits per heavy atom. The second-order valence-corrected chi connectivity index (χ2v) is 5.64. The Kier molecular flexibility index (Phi) is 4.55. The van der Waals surface area contributed by atoms with E-state index in [2.05, 4.69) is 43.5 Å². The van der Waals surface area contributed by atoms with Gasteiger partial charge in [-0.2, -0.15) is 0 Å². The zero-order valence-electron chi connectivity index (χ0n) is 12.7. The third-order valence-electron chi connectivity index (χ3n) is 4.01. The van der Waals surface area contributed by atoms with Gasteiger partial charge in [0.2, 0.25) is 0 Å². The SMILES string of the molecule is CN1CCN(c2ncccc2CNC2=NCCCN2)CC1. The first-order chi connectivity index (χ1) is 10.3. The van der Waals surface area contributed by atoms with Crippen LogP contribution in [0.3, 0.4) is 0 Å². The lowest BCUT2D eigenvalue weighted by Crippen LogP contribution is -2.45. The van der Waals surface area contributed by atoms with Crippen molar-refractivity contribution in [2.75, 3.05) is 51.2 Å². The lowest BCUT2D eigenvalue weighted by atomic mass is 10.2. The molecule has 6 nitrogen and oxygen atoms in total. The van der Waals surface area contributed by atoms with Crippen LogP contribution in [0.15, 0.2) is 23.3 Å². The van der Waals surface area contributed by atoms with Gasteiger partial charge in [0.05, 0.1) is 0 Å². The standard InChI is InChI=1S/C15H24N6/c1-20-8-10-21(11-9-20)14-13(4-2-5-16-14)12-19-15-17-6-3-7-18-15/h2,4-5H,3,6-12H2,1H3,(H2,17,18,19). The third kappa shape index (κ3) is 3.64. The van der Waals surface area contributed by atoms with E-state index < -0.39 is 0 Å². The van der Waals surface area contributed by atoms with E-state index >= 15 is 0 Å². The molecule has 0 unspecified atom stereocenters. The van der Waals surface area contributed by atoms with Crippen molar-refractivity contribution in [1.29, 1.82) is 0 Å². The molecule has 3 rings (SSSR count). The number of likely N-dealkylation sites (N-methyl/N-ethyl adjacent to an activating group) is 1. The molecule has 0 spiro atoms. The summed E-state index contributed by atoms with van der Waals surface area (Å²) in [5, 5.41) is 6.68. The minimum atomic E-state index is 0.765. The number of nitrogens with zero attached hydrogens (tertiary/aromatic N) is 4. The van der Waals surface area contributed by atoms with E-state index in [-0.39, 0.29) is 0 Å². The van der Waals surface area contributed by atoms with E-state index in [9.17, 15) is 0 Å². The van der Waals surface area contributed by atoms with Gasteiger partial charge in [-0.3, -0.25) is 4.99 Å². The number of nitrogens with one attached hydrogen (secondary N) is 2. The van der Waals surface area contributed by atoms with Gasteiger partial charge in [0.1, 0.15) is 5.82 Å². The molecule has 21 heavy (non-hydrogen) atoms. The minimum Gasteiger partial charge on any atom is -0.356 e. The molecule has 0 aliphatic carbocycles. The highest BCUT2D eigenvalue weighted by Gasteiger charge is 2.18. The highest BCUT2D eigenvalue weighted by molar-refractivity contribution is 5.80. The third-order valence-corrected chi connectivity index (χ3v) is 4.01. The lowest BCUT2D eigenvalue weighted by Gasteiger charge is -2.34. The number of piperazine rings is 1. The maximum Gasteiger partial charge on any atom is 0.191 e. The average molecular weight is 288 g/mol. The molecule has 2 aliphatic heterocycles. The molecule has 0 amide bonds. The number of aromatic nitrogens is 1. The number of pyridine rings is 1. The summed E-state index contributed by atoms with van der Waals surface area (Å²) in [6.07, 6.45) is 3.00. The fourth-order valence-electron chi connectivity index (χ4n) is 2.70. The van der Waals surface area contributed by atoms with E-state index in [1.807, 2.05) is 12.3 Å². The zero-order chi connectivity index (χ0) is 14.5. The monoisotopic (exact) mass is 288 g/mol. The smallest absolute Gasteiger partial charge is 0.191 e. The molecule has 2 N–H and O–H groups in total. The lowest BCUT2D eigenvalue weighted by molar-refractivity contribution is 0.312. The fourth-order valence-corrected chi connectivity index (χ4v) is 2.70. The molecule has 1 fully saturated rings. The van der Waals surface area contributed by atoms with E-state index in [1.54, 1.807) is 0 Å². The van der Waals surface area contributed by atoms with E-state index in [0.717, 1.165) is 64.0 Å². The molecule has 2 aliphatic rings. The number of anilines is 1. The van der Waals surface area contributed by atoms with E-state index in [4.69, 9.17) is 0 Å². The van der Waals surface area contributed by atoms with Crippen LogP contribution >= 0.6 is 0 Å². The van der Waals surface area contributed by atoms with Crippen molar-refractivity contribution in [3.63, 3.8) is 0 Å². The van der Waals surface area contributed by atoms with Gasteiger partial charge in [0.25, 0.3) is 0 Å². The van der Waals surface area contributed by atoms with Crippen molar-refractivity contribution in [3.05, 3.63) is 23.9 Å². The molecule has 0 bridgehead atoms. The molecule has 0 saturated carbocycles. The molecule has 1 aromatic heterocycles. The molecule has 6 heteroatoms. The van der Waals surface area contributed by atoms with Crippen LogP contribution in [0.5, 0.6) is 0 Å². The van der Waals surface area contributed by atoms with Gasteiger partial charge in [-0.25, -0.2) is 4.98 Å². The summed E-state index contributed by atoms with van der Waals surface area (Å²) < 4.78 is 0. The van der Waals surface area contributed by atoms with Crippen LogP contribution in [-0.4, -0.2) is 62.2 Å². The van der Waals surface area contributed by atoms with Crippen LogP contribution in [0, 0.1) is 0 Å². The number of hydrogen-bond acceptors (Lipinski definition) is 6. The average Bonchev–Trinajstić information content (AvgIpc) is 2.55. The Balaban J connectivity index is 1.66. The van der Waals surface area contributed by atoms with E-state index in [1.165, 1.54) is 5.56 Å². The Labute approximate surface area is 126 Å². The molecule has 0 atom stereocenters. The van der Waals surface area contributed by atoms with E-state index in [0.29, 0.717) is 0 Å². The summed E-state index contributed by atoms with van der Waals surface area (Å²) in [6, 6.07) is 4.16. The number of hydrogen-bond donors (Lipinski definition) is 2. The number of aliphatic imine (C=N–C) groups is 1. The number of guanidine groups is 1. The van der Waals surface area contributed by atoms with Gasteiger partial charge in [0, 0.05) is 57.6 Å². The zero-order valence-corrected chi connectivity index (χ0v) is 12.7. The largest absolute Gasteiger partial charge is 0.356 e. The highest BCUT2D eigenvalue weighted by atomic mass is 15.3. The summed E-state index contributed by atoms with van der Waals surface area (Å²) in [6.45, 7) is 6.95. The number of rotatable bonds is 3. The van der Waals surface area contributed by atoms with Gasteiger partial charge in [0.15, 0.2) is 5.96 Å². The van der Waals surface area contributed by atoms with Crippen molar-refractivity contribution in [1.82, 2.24) is 20.5 Å². The normalized spacial score (nSPS) is 19.9. The molecule has 0 aromatic carbocycles. The van der Waals surface area contributed by atoms with Crippen molar-refractivity contribution in [2.24, 2.45) is 4.99 Å². The molecule has 1 aromatic rings. The molecule has 1 saturated heterocycles. The predicted octanol–water partition coefficient (Wildman–Crippen LogP) is 0.272. The summed E-state index contributed by atoms with van der Waals surface area (Å²) in [7, 11) is 2.17. The van der Waals surface area contributed by atoms with Crippen molar-refractivity contribution < 1.29 is 0 Å². The van der Waals surface area contributed by atoms with Crippen molar-refractivity contribution >= 4 is 11.8 Å². The van der Waals surface area contributed by atoms with Crippen LogP contribution in [0.2, 0.25) is 0 Å². The van der Waals surface area contributed by atoms with Crippen LogP contribution in [0.1, 0.15) is 12.0 Å². The molecule has 0 radical (unpaired) electrons. The Morgan fingerprint density at radius 2 is 2.14 bits per heavy atom. The summed E-state index contributed by atoms with van der Waals surface area (Å²) >= 11 is 0. The molecular weight excluding hydrogens is 264 g/mol. The first-order valence-electron chi connectivity index (χ1n) is 7.72. The second-order valence-electron chi connectivity index (χ2n) is 5.64. The molecule has 3 heterocycles. The Morgan fingerprint density at radius 1 is 1.29 bits per heavy atom. The second kappa shape index (κ2) is 6.76. The summed E-state index contributed by atoms with van der Waals surface area (Å²) in [4.78, 5) is 13.8. The van der Waals surface area contributed by atoms with Gasteiger partial charge < -0.3 is 20.4 Å². The maximum absolute atomic E-state index is 4.60. The van der Waals surface area contributed by atoms with Crippen LogP contribution in [0.4, 0.5) is 5.82 Å². The molecular formula is C15H24N6. The van der Waals surface area contributed by atoms with Crippen molar-refractivity contribution in [2.45, 2.75) is 13.0 Å². The van der Waals surface area contributed by atoms with Gasteiger partial charge in [-0.05, 0) is 19.5 Å². The first kappa shape index (κ1) is 14.1. The van der Waals surface area contributed by atoms with Gasteiger partial charge in [-0.1, -0.05) is 6.07 Å². The summed E-state index contributed by atoms with van der Waals surface area (Å²) in [5.41, 5.74) is 1.23. The Bertz CT molecular complexity index is 493. The fraction of sp³-hybridized carbons (Fsp3) is 0.600. The van der Waals surface area contributed by atoms with Crippen molar-refractivity contribution in [3.8, 4) is 0 Å². The van der Waals surface area contributed by atoms with Crippen LogP contribution < -0.4 is 15.5 Å². The van der Waals surface area contributed by atoms with Gasteiger partial charge in [-0.15, -0.1) is 0 Å². The maximum atomic E-state index is 4.60. The summed E-state index contributed by atoms with van der Waals surface area (Å²) in [5.74, 6) is 2.02. The van der Waals surface area contributed by atoms with Gasteiger partial charge >= 0.3 is 0 Å². The topological polar surface area (TPSA) is 55.8 Å². The first-order valence-corrected chi connectivity index (χ1v) is 7.72. The quantitative estimate of drug-likeness (QED) is 0.836. The van der Waals surface area contributed by atoms with Crippen LogP contribution in [-0.2, 0) is 6.54 Å². The van der Waals surface area contributed by atoms with Crippen LogP contribution in [0.25, 0.3) is 0 Å². The highest BCUT2D eigenvalue weighted by Crippen LogP contribution is 2.18. The Hall–Kier alpha value is -1.82. The predicted molar refractivity (Wildman–Crippen MR) is 85.7 cm³/mol. The molecule has 114 valence electrons.